The topological polar surface area (TPSA) is 38.0 Å². The summed E-state index contributed by atoms with van der Waals surface area (Å²) in [6.45, 7) is 2.17. The van der Waals surface area contributed by atoms with E-state index < -0.39 is 0 Å². The quantitative estimate of drug-likeness (QED) is 0.817. The molecular formula is C12H17Br2ClN2. The summed E-state index contributed by atoms with van der Waals surface area (Å²) in [7, 11) is 0. The molecule has 1 aliphatic rings. The summed E-state index contributed by atoms with van der Waals surface area (Å²) in [5.41, 5.74) is 7.57. The summed E-state index contributed by atoms with van der Waals surface area (Å²) in [4.78, 5) is 0. The van der Waals surface area contributed by atoms with Crippen LogP contribution in [0.1, 0.15) is 24.4 Å². The van der Waals surface area contributed by atoms with Crippen molar-refractivity contribution in [3.63, 3.8) is 0 Å². The highest BCUT2D eigenvalue weighted by atomic mass is 79.9. The van der Waals surface area contributed by atoms with Crippen LogP contribution in [0.5, 0.6) is 0 Å². The minimum atomic E-state index is 0. The van der Waals surface area contributed by atoms with E-state index in [4.69, 9.17) is 5.73 Å². The number of halogens is 3. The lowest BCUT2D eigenvalue weighted by molar-refractivity contribution is 0.321. The fraction of sp³-hybridized carbons (Fsp3) is 0.500. The molecule has 2 nitrogen and oxygen atoms in total. The molecule has 17 heavy (non-hydrogen) atoms. The Hall–Kier alpha value is 0.390. The van der Waals surface area contributed by atoms with E-state index in [1.165, 1.54) is 18.4 Å². The van der Waals surface area contributed by atoms with E-state index in [0.29, 0.717) is 5.92 Å². The minimum Gasteiger partial charge on any atom is -0.324 e. The van der Waals surface area contributed by atoms with Gasteiger partial charge in [-0.2, -0.15) is 0 Å². The first-order chi connectivity index (χ1) is 7.68. The molecule has 3 N–H and O–H groups in total. The van der Waals surface area contributed by atoms with Crippen molar-refractivity contribution >= 4 is 44.3 Å². The predicted octanol–water partition coefficient (Wildman–Crippen LogP) is 3.63. The maximum absolute atomic E-state index is 6.36. The zero-order chi connectivity index (χ0) is 11.5. The zero-order valence-corrected chi connectivity index (χ0v) is 13.4. The Morgan fingerprint density at radius 3 is 2.53 bits per heavy atom. The van der Waals surface area contributed by atoms with E-state index in [0.717, 1.165) is 22.0 Å². The van der Waals surface area contributed by atoms with Gasteiger partial charge >= 0.3 is 0 Å². The Labute approximate surface area is 125 Å². The number of hydrogen-bond donors (Lipinski definition) is 2. The van der Waals surface area contributed by atoms with E-state index in [-0.39, 0.29) is 18.4 Å². The molecule has 0 radical (unpaired) electrons. The molecule has 1 atom stereocenters. The van der Waals surface area contributed by atoms with Crippen LogP contribution in [-0.4, -0.2) is 13.1 Å². The van der Waals surface area contributed by atoms with Gasteiger partial charge in [0.15, 0.2) is 0 Å². The summed E-state index contributed by atoms with van der Waals surface area (Å²) < 4.78 is 2.21. The van der Waals surface area contributed by atoms with Crippen LogP contribution in [-0.2, 0) is 0 Å². The molecule has 1 aliphatic heterocycles. The fourth-order valence-corrected chi connectivity index (χ4v) is 3.12. The maximum Gasteiger partial charge on any atom is 0.0336 e. The van der Waals surface area contributed by atoms with Gasteiger partial charge in [-0.15, -0.1) is 12.4 Å². The Balaban J connectivity index is 0.00000144. The summed E-state index contributed by atoms with van der Waals surface area (Å²) in [5, 5.41) is 3.37. The lowest BCUT2D eigenvalue weighted by atomic mass is 9.87. The molecule has 1 aromatic carbocycles. The summed E-state index contributed by atoms with van der Waals surface area (Å²) in [5.74, 6) is 0.590. The van der Waals surface area contributed by atoms with Gasteiger partial charge in [0.05, 0.1) is 0 Å². The molecule has 1 heterocycles. The average Bonchev–Trinajstić information content (AvgIpc) is 2.32. The molecule has 0 spiro atoms. The molecule has 0 amide bonds. The van der Waals surface area contributed by atoms with Crippen LogP contribution in [0.25, 0.3) is 0 Å². The van der Waals surface area contributed by atoms with Crippen molar-refractivity contribution in [2.45, 2.75) is 18.9 Å². The SMILES string of the molecule is Cl.N[C@@H](c1cc(Br)ccc1Br)C1CCNCC1. The normalized spacial score (nSPS) is 18.5. The number of rotatable bonds is 2. The molecule has 2 rings (SSSR count). The van der Waals surface area contributed by atoms with Gasteiger partial charge in [0, 0.05) is 15.0 Å². The molecule has 96 valence electrons. The molecule has 0 aromatic heterocycles. The number of nitrogens with one attached hydrogen (secondary N) is 1. The lowest BCUT2D eigenvalue weighted by Gasteiger charge is -2.29. The van der Waals surface area contributed by atoms with Crippen LogP contribution in [0.4, 0.5) is 0 Å². The highest BCUT2D eigenvalue weighted by Gasteiger charge is 2.23. The van der Waals surface area contributed by atoms with Crippen LogP contribution >= 0.6 is 44.3 Å². The molecule has 1 saturated heterocycles. The van der Waals surface area contributed by atoms with E-state index in [9.17, 15) is 0 Å². The molecule has 0 aliphatic carbocycles. The number of hydrogen-bond acceptors (Lipinski definition) is 2. The smallest absolute Gasteiger partial charge is 0.0336 e. The molecule has 0 unspecified atom stereocenters. The van der Waals surface area contributed by atoms with Gasteiger partial charge in [0.2, 0.25) is 0 Å². The third-order valence-electron chi connectivity index (χ3n) is 3.21. The number of benzene rings is 1. The summed E-state index contributed by atoms with van der Waals surface area (Å²) in [6.07, 6.45) is 2.33. The van der Waals surface area contributed by atoms with Crippen LogP contribution in [0, 0.1) is 5.92 Å². The largest absolute Gasteiger partial charge is 0.324 e. The van der Waals surface area contributed by atoms with Crippen molar-refractivity contribution in [2.24, 2.45) is 11.7 Å². The molecule has 0 saturated carbocycles. The van der Waals surface area contributed by atoms with Crippen molar-refractivity contribution in [1.82, 2.24) is 5.32 Å². The molecular weight excluding hydrogens is 367 g/mol. The number of nitrogens with two attached hydrogens (primary N) is 1. The Bertz CT molecular complexity index is 368. The predicted molar refractivity (Wildman–Crippen MR) is 81.6 cm³/mol. The first-order valence-electron chi connectivity index (χ1n) is 5.59. The standard InChI is InChI=1S/C12H16Br2N2.ClH/c13-9-1-2-11(14)10(7-9)12(15)8-3-5-16-6-4-8;/h1-2,7-8,12,16H,3-6,15H2;1H/t12-;/m1./s1. The average molecular weight is 385 g/mol. The second kappa shape index (κ2) is 7.10. The fourth-order valence-electron chi connectivity index (χ4n) is 2.23. The van der Waals surface area contributed by atoms with Gasteiger partial charge in [-0.05, 0) is 55.6 Å². The zero-order valence-electron chi connectivity index (χ0n) is 9.46. The Morgan fingerprint density at radius 2 is 1.88 bits per heavy atom. The first-order valence-corrected chi connectivity index (χ1v) is 7.18. The molecule has 0 bridgehead atoms. The monoisotopic (exact) mass is 382 g/mol. The molecule has 5 heteroatoms. The van der Waals surface area contributed by atoms with Crippen molar-refractivity contribution < 1.29 is 0 Å². The van der Waals surface area contributed by atoms with Gasteiger partial charge < -0.3 is 11.1 Å². The maximum atomic E-state index is 6.36. The second-order valence-electron chi connectivity index (χ2n) is 4.28. The highest BCUT2D eigenvalue weighted by molar-refractivity contribution is 9.11. The van der Waals surface area contributed by atoms with E-state index in [1.807, 2.05) is 6.07 Å². The van der Waals surface area contributed by atoms with Crippen molar-refractivity contribution in [1.29, 1.82) is 0 Å². The molecule has 1 aromatic rings. The summed E-state index contributed by atoms with van der Waals surface area (Å²) >= 11 is 7.08. The molecule has 1 fully saturated rings. The van der Waals surface area contributed by atoms with Gasteiger partial charge in [0.1, 0.15) is 0 Å². The second-order valence-corrected chi connectivity index (χ2v) is 6.05. The Morgan fingerprint density at radius 1 is 1.24 bits per heavy atom. The summed E-state index contributed by atoms with van der Waals surface area (Å²) in [6, 6.07) is 6.34. The van der Waals surface area contributed by atoms with E-state index >= 15 is 0 Å². The number of piperidine rings is 1. The van der Waals surface area contributed by atoms with Gasteiger partial charge in [0.25, 0.3) is 0 Å². The minimum absolute atomic E-state index is 0. The van der Waals surface area contributed by atoms with Gasteiger partial charge in [-0.3, -0.25) is 0 Å². The van der Waals surface area contributed by atoms with Crippen molar-refractivity contribution in [2.75, 3.05) is 13.1 Å². The van der Waals surface area contributed by atoms with Gasteiger partial charge in [-0.25, -0.2) is 0 Å². The van der Waals surface area contributed by atoms with Crippen LogP contribution in [0.15, 0.2) is 27.1 Å². The van der Waals surface area contributed by atoms with Crippen LogP contribution in [0.2, 0.25) is 0 Å². The first kappa shape index (κ1) is 15.4. The lowest BCUT2D eigenvalue weighted by Crippen LogP contribution is -2.33. The Kier molecular flexibility index (Phi) is 6.45. The van der Waals surface area contributed by atoms with Crippen molar-refractivity contribution in [3.05, 3.63) is 32.7 Å². The van der Waals surface area contributed by atoms with Crippen molar-refractivity contribution in [3.8, 4) is 0 Å². The third-order valence-corrected chi connectivity index (χ3v) is 4.42. The third kappa shape index (κ3) is 3.93. The van der Waals surface area contributed by atoms with Crippen LogP contribution in [0.3, 0.4) is 0 Å². The highest BCUT2D eigenvalue weighted by Crippen LogP contribution is 2.32. The van der Waals surface area contributed by atoms with Crippen LogP contribution < -0.4 is 11.1 Å². The van der Waals surface area contributed by atoms with E-state index in [1.54, 1.807) is 0 Å². The van der Waals surface area contributed by atoms with E-state index in [2.05, 4.69) is 49.3 Å². The van der Waals surface area contributed by atoms with Gasteiger partial charge in [-0.1, -0.05) is 31.9 Å².